The molecule has 2 unspecified atom stereocenters. The number of rotatable bonds is 21. The van der Waals surface area contributed by atoms with Crippen molar-refractivity contribution in [2.75, 3.05) is 68.9 Å². The highest BCUT2D eigenvalue weighted by atomic mass is 16.6. The van der Waals surface area contributed by atoms with Gasteiger partial charge < -0.3 is 43.4 Å². The summed E-state index contributed by atoms with van der Waals surface area (Å²) >= 11 is 0. The number of likely N-dealkylation sites (N-methyl/N-ethyl adjacent to an activating group) is 1. The minimum Gasteiger partial charge on any atom is -0.493 e. The summed E-state index contributed by atoms with van der Waals surface area (Å²) in [4.78, 5) is 38.9. The molecule has 2 atom stereocenters. The summed E-state index contributed by atoms with van der Waals surface area (Å²) in [6.07, 6.45) is 2.23. The van der Waals surface area contributed by atoms with Crippen LogP contribution in [0.1, 0.15) is 77.0 Å². The number of hydrogen-bond acceptors (Lipinski definition) is 14. The number of hydrogen-bond donors (Lipinski definition) is 1. The molecule has 1 N–H and O–H groups in total. The van der Waals surface area contributed by atoms with Gasteiger partial charge in [-0.2, -0.15) is 5.26 Å². The van der Waals surface area contributed by atoms with E-state index in [9.17, 15) is 25.0 Å². The Labute approximate surface area is 372 Å². The van der Waals surface area contributed by atoms with Crippen molar-refractivity contribution in [3.05, 3.63) is 110 Å². The fourth-order valence-corrected chi connectivity index (χ4v) is 7.48. The Morgan fingerprint density at radius 2 is 1.43 bits per heavy atom. The molecule has 1 heterocycles. The molecule has 0 saturated carbocycles. The predicted molar refractivity (Wildman–Crippen MR) is 240 cm³/mol. The Bertz CT molecular complexity index is 2140. The van der Waals surface area contributed by atoms with Crippen LogP contribution in [-0.4, -0.2) is 96.8 Å². The van der Waals surface area contributed by atoms with E-state index in [0.29, 0.717) is 28.5 Å². The van der Waals surface area contributed by atoms with Gasteiger partial charge in [-0.1, -0.05) is 38.1 Å². The minimum atomic E-state index is -0.882. The molecule has 342 valence electrons. The van der Waals surface area contributed by atoms with Crippen molar-refractivity contribution in [1.82, 2.24) is 10.2 Å². The molecule has 1 aliphatic heterocycles. The second-order valence-corrected chi connectivity index (χ2v) is 15.7. The van der Waals surface area contributed by atoms with E-state index in [0.717, 1.165) is 49.4 Å². The Hall–Kier alpha value is -6.11. The topological polar surface area (TPSA) is 181 Å². The molecule has 0 bridgehead atoms. The molecular formula is C48H64N4O11. The van der Waals surface area contributed by atoms with Crippen LogP contribution in [0.2, 0.25) is 0 Å². The summed E-state index contributed by atoms with van der Waals surface area (Å²) in [5.41, 5.74) is 3.26. The molecule has 0 aromatic heterocycles. The van der Waals surface area contributed by atoms with Crippen LogP contribution in [0.3, 0.4) is 0 Å². The molecule has 63 heavy (non-hydrogen) atoms. The molecule has 15 heteroatoms. The van der Waals surface area contributed by atoms with Gasteiger partial charge in [0.2, 0.25) is 0 Å². The van der Waals surface area contributed by atoms with Gasteiger partial charge >= 0.3 is 11.9 Å². The van der Waals surface area contributed by atoms with Crippen LogP contribution in [-0.2, 0) is 35.6 Å². The van der Waals surface area contributed by atoms with Crippen LogP contribution in [0.4, 0.5) is 5.69 Å². The minimum absolute atomic E-state index is 0.0300. The average molecular weight is 873 g/mol. The number of methoxy groups -OCH3 is 5. The lowest BCUT2D eigenvalue weighted by Crippen LogP contribution is -2.33. The Kier molecular flexibility index (Phi) is 19.9. The second kappa shape index (κ2) is 24.5. The number of benzene rings is 3. The first-order chi connectivity index (χ1) is 30.0. The molecule has 3 aromatic carbocycles. The average Bonchev–Trinajstić information content (AvgIpc) is 3.26. The lowest BCUT2D eigenvalue weighted by Gasteiger charge is -2.32. The number of esters is 2. The Morgan fingerprint density at radius 3 is 1.98 bits per heavy atom. The smallest absolute Gasteiger partial charge is 0.337 e. The second-order valence-electron chi connectivity index (χ2n) is 15.7. The third kappa shape index (κ3) is 13.4. The number of non-ortho nitro benzene ring substituents is 1. The molecule has 4 rings (SSSR count). The summed E-state index contributed by atoms with van der Waals surface area (Å²) in [6, 6.07) is 20.4. The van der Waals surface area contributed by atoms with Crippen LogP contribution in [0, 0.1) is 27.4 Å². The maximum absolute atomic E-state index is 12.9. The van der Waals surface area contributed by atoms with Crippen molar-refractivity contribution in [1.29, 1.82) is 5.26 Å². The summed E-state index contributed by atoms with van der Waals surface area (Å²) in [6.45, 7) is 13.1. The molecule has 0 amide bonds. The van der Waals surface area contributed by atoms with Gasteiger partial charge in [0, 0.05) is 37.2 Å². The van der Waals surface area contributed by atoms with Crippen LogP contribution < -0.4 is 24.3 Å². The molecule has 0 aliphatic carbocycles. The number of allylic oxidation sites excluding steroid dienone is 2. The number of carbonyl (C=O) groups excluding carboxylic acids is 2. The molecular weight excluding hydrogens is 809 g/mol. The van der Waals surface area contributed by atoms with Gasteiger partial charge in [0.05, 0.1) is 74.6 Å². The quantitative estimate of drug-likeness (QED) is 0.0470. The summed E-state index contributed by atoms with van der Waals surface area (Å²) in [5.74, 6) is 0.853. The number of carbonyl (C=O) groups is 2. The number of nitrogens with one attached hydrogen (secondary N) is 1. The van der Waals surface area contributed by atoms with E-state index in [-0.39, 0.29) is 42.1 Å². The van der Waals surface area contributed by atoms with Crippen LogP contribution >= 0.6 is 0 Å². The van der Waals surface area contributed by atoms with E-state index in [1.807, 2.05) is 30.3 Å². The largest absolute Gasteiger partial charge is 0.493 e. The Morgan fingerprint density at radius 1 is 0.825 bits per heavy atom. The normalized spacial score (nSPS) is 14.5. The molecule has 0 radical (unpaired) electrons. The van der Waals surface area contributed by atoms with E-state index in [2.05, 4.69) is 43.2 Å². The third-order valence-corrected chi connectivity index (χ3v) is 10.9. The van der Waals surface area contributed by atoms with Gasteiger partial charge in [-0.25, -0.2) is 9.59 Å². The van der Waals surface area contributed by atoms with Gasteiger partial charge in [-0.15, -0.1) is 0 Å². The summed E-state index contributed by atoms with van der Waals surface area (Å²) in [7, 11) is 10.2. The number of nitrogens with zero attached hydrogens (tertiary/aromatic N) is 3. The number of nitro groups is 1. The molecule has 15 nitrogen and oxygen atoms in total. The van der Waals surface area contributed by atoms with Crippen molar-refractivity contribution in [2.24, 2.45) is 5.92 Å². The monoisotopic (exact) mass is 872 g/mol. The predicted octanol–water partition coefficient (Wildman–Crippen LogP) is 8.06. The zero-order valence-corrected chi connectivity index (χ0v) is 38.8. The maximum atomic E-state index is 12.9. The van der Waals surface area contributed by atoms with Crippen LogP contribution in [0.5, 0.6) is 23.0 Å². The van der Waals surface area contributed by atoms with E-state index < -0.39 is 28.2 Å². The van der Waals surface area contributed by atoms with Crippen molar-refractivity contribution in [3.8, 4) is 29.1 Å². The molecule has 3 aromatic rings. The lowest BCUT2D eigenvalue weighted by atomic mass is 9.69. The lowest BCUT2D eigenvalue weighted by molar-refractivity contribution is -0.384. The molecule has 0 spiro atoms. The SMILES string of the molecule is COCCOC(=O)C1=C(C)NC(C)=C(C(=O)OC(C)C)C1c1cccc([N+](=O)[O-])c1.COc1ccc(CCN(C)CCCC(C#N)(c2ccc(OC)c(OC)c2)C(C)C)cc1OC. The Balaban J connectivity index is 0.000000337. The van der Waals surface area contributed by atoms with Gasteiger partial charge in [-0.3, -0.25) is 10.1 Å². The zero-order valence-electron chi connectivity index (χ0n) is 38.8. The van der Waals surface area contributed by atoms with Crippen LogP contribution in [0.15, 0.2) is 83.2 Å². The highest BCUT2D eigenvalue weighted by Crippen LogP contribution is 2.42. The molecule has 1 aliphatic rings. The van der Waals surface area contributed by atoms with Crippen LogP contribution in [0.25, 0.3) is 0 Å². The fraction of sp³-hybridized carbons (Fsp3) is 0.479. The summed E-state index contributed by atoms with van der Waals surface area (Å²) in [5, 5.41) is 24.6. The van der Waals surface area contributed by atoms with E-state index in [4.69, 9.17) is 33.2 Å². The van der Waals surface area contributed by atoms with E-state index in [1.165, 1.54) is 30.9 Å². The van der Waals surface area contributed by atoms with E-state index >= 15 is 0 Å². The first-order valence-corrected chi connectivity index (χ1v) is 20.8. The third-order valence-electron chi connectivity index (χ3n) is 10.9. The highest BCUT2D eigenvalue weighted by Gasteiger charge is 2.39. The standard InChI is InChI=1S/C27H38N2O4.C21H26N2O7/c1-20(2)27(19-28,22-10-12-24(31-5)26(18-22)33-7)14-8-15-29(3)16-13-21-9-11-23(30-4)25(17-21)32-6;1-12(2)30-21(25)18-14(4)22-13(3)17(20(24)29-10-9-28-5)19(18)15-7-6-8-16(11-15)23(26)27/h9-12,17-18,20H,8,13-16H2,1-7H3;6-8,11-12,19,22H,9-10H2,1-5H3. The number of dihydropyridines is 1. The van der Waals surface area contributed by atoms with E-state index in [1.54, 1.807) is 62.2 Å². The van der Waals surface area contributed by atoms with Crippen molar-refractivity contribution in [2.45, 2.75) is 78.2 Å². The summed E-state index contributed by atoms with van der Waals surface area (Å²) < 4.78 is 37.2. The number of ether oxygens (including phenoxy) is 7. The first kappa shape index (κ1) is 51.2. The number of nitro benzene ring substituents is 1. The zero-order chi connectivity index (χ0) is 46.9. The fourth-order valence-electron chi connectivity index (χ4n) is 7.48. The highest BCUT2D eigenvalue weighted by molar-refractivity contribution is 6.00. The van der Waals surface area contributed by atoms with Crippen molar-refractivity contribution < 1.29 is 47.7 Å². The van der Waals surface area contributed by atoms with Gasteiger partial charge in [0.1, 0.15) is 6.61 Å². The maximum Gasteiger partial charge on any atom is 0.337 e. The molecule has 0 saturated heterocycles. The molecule has 0 fully saturated rings. The van der Waals surface area contributed by atoms with Gasteiger partial charge in [0.25, 0.3) is 5.69 Å². The van der Waals surface area contributed by atoms with Crippen molar-refractivity contribution in [3.63, 3.8) is 0 Å². The number of nitriles is 1. The van der Waals surface area contributed by atoms with Crippen molar-refractivity contribution >= 4 is 17.6 Å². The van der Waals surface area contributed by atoms with Gasteiger partial charge in [-0.05, 0) is 107 Å². The van der Waals surface area contributed by atoms with Gasteiger partial charge in [0.15, 0.2) is 23.0 Å². The first-order valence-electron chi connectivity index (χ1n) is 20.8.